The van der Waals surface area contributed by atoms with E-state index < -0.39 is 0 Å². The van der Waals surface area contributed by atoms with Crippen molar-refractivity contribution in [2.45, 2.75) is 25.8 Å². The molecule has 1 fully saturated rings. The zero-order chi connectivity index (χ0) is 41.9. The molecule has 13 nitrogen and oxygen atoms in total. The number of carbonyl (C=O) groups excluding carboxylic acids is 1. The van der Waals surface area contributed by atoms with Crippen LogP contribution in [-0.2, 0) is 4.79 Å². The smallest absolute Gasteiger partial charge is 0.219 e. The minimum atomic E-state index is 0.154. The molecule has 0 spiro atoms. The van der Waals surface area contributed by atoms with E-state index in [-0.39, 0.29) is 5.91 Å². The maximum atomic E-state index is 11.6. The number of carbonyl (C=O) groups is 1. The van der Waals surface area contributed by atoms with Crippen LogP contribution in [0.5, 0.6) is 0 Å². The highest BCUT2D eigenvalue weighted by Gasteiger charge is 2.21. The van der Waals surface area contributed by atoms with E-state index in [0.29, 0.717) is 16.1 Å². The number of H-pyrrole nitrogens is 2. The number of halogens is 3. The van der Waals surface area contributed by atoms with Crippen LogP contribution in [0.3, 0.4) is 0 Å². The third kappa shape index (κ3) is 8.83. The summed E-state index contributed by atoms with van der Waals surface area (Å²) in [5.41, 5.74) is 14.0. The first-order valence-corrected chi connectivity index (χ1v) is 20.9. The van der Waals surface area contributed by atoms with Gasteiger partial charge in [0.1, 0.15) is 5.52 Å². The molecule has 302 valence electrons. The summed E-state index contributed by atoms with van der Waals surface area (Å²) in [5, 5.41) is 4.96. The molecule has 3 N–H and O–H groups in total. The molecule has 10 aromatic rings. The van der Waals surface area contributed by atoms with Crippen molar-refractivity contribution in [3.05, 3.63) is 137 Å². The Labute approximate surface area is 367 Å². The topological polar surface area (TPSA) is 167 Å². The van der Waals surface area contributed by atoms with Gasteiger partial charge >= 0.3 is 0 Å². The minimum Gasteiger partial charge on any atom is -0.382 e. The third-order valence-electron chi connectivity index (χ3n) is 10.4. The number of fused-ring (bicyclic) bond motifs is 5. The largest absolute Gasteiger partial charge is 0.382 e. The van der Waals surface area contributed by atoms with E-state index in [4.69, 9.17) is 23.2 Å². The van der Waals surface area contributed by atoms with Crippen LogP contribution in [0.15, 0.2) is 127 Å². The average molecular weight is 911 g/mol. The van der Waals surface area contributed by atoms with Crippen molar-refractivity contribution >= 4 is 106 Å². The van der Waals surface area contributed by atoms with Crippen LogP contribution in [-0.4, -0.2) is 79.8 Å². The first-order valence-electron chi connectivity index (χ1n) is 19.4. The summed E-state index contributed by atoms with van der Waals surface area (Å²) >= 11 is 15.4. The van der Waals surface area contributed by atoms with Gasteiger partial charge in [0.2, 0.25) is 5.91 Å². The SMILES string of the molecule is CC(=O)N1CCC(Nc2cc(-c3ccc4nc[nH]c4c3)c3nccnc3c2)CC1.Clc1cc(-c2ccc3nc[nH]c3c2)c2nccnc2c1.Clc1cc(Br)c2nccnc2c1. The number of rotatable bonds is 4. The van der Waals surface area contributed by atoms with Crippen LogP contribution in [0.1, 0.15) is 19.8 Å². The second-order valence-corrected chi connectivity index (χ2v) is 16.1. The molecular weight excluding hydrogens is 875 g/mol. The number of aromatic nitrogens is 10. The predicted octanol–water partition coefficient (Wildman–Crippen LogP) is 10.5. The lowest BCUT2D eigenvalue weighted by molar-refractivity contribution is -0.129. The Balaban J connectivity index is 0.000000128. The molecule has 0 unspecified atom stereocenters. The van der Waals surface area contributed by atoms with Gasteiger partial charge in [0, 0.05) is 94.6 Å². The van der Waals surface area contributed by atoms with Gasteiger partial charge in [-0.15, -0.1) is 0 Å². The Morgan fingerprint density at radius 3 is 1.67 bits per heavy atom. The lowest BCUT2D eigenvalue weighted by Gasteiger charge is -2.32. The highest BCUT2D eigenvalue weighted by atomic mass is 79.9. The van der Waals surface area contributed by atoms with Crippen molar-refractivity contribution in [1.82, 2.24) is 54.7 Å². The highest BCUT2D eigenvalue weighted by Crippen LogP contribution is 2.33. The van der Waals surface area contributed by atoms with Crippen LogP contribution >= 0.6 is 39.1 Å². The first kappa shape index (κ1) is 39.8. The van der Waals surface area contributed by atoms with Gasteiger partial charge in [-0.2, -0.15) is 0 Å². The fourth-order valence-electron chi connectivity index (χ4n) is 7.42. The molecule has 5 aromatic heterocycles. The van der Waals surface area contributed by atoms with Crippen molar-refractivity contribution in [3.63, 3.8) is 0 Å². The molecule has 5 aromatic carbocycles. The number of piperidine rings is 1. The number of anilines is 1. The molecule has 1 saturated heterocycles. The molecule has 16 heteroatoms. The Kier molecular flexibility index (Phi) is 11.5. The summed E-state index contributed by atoms with van der Waals surface area (Å²) in [7, 11) is 0. The van der Waals surface area contributed by atoms with E-state index in [1.54, 1.807) is 68.9 Å². The Morgan fingerprint density at radius 1 is 0.607 bits per heavy atom. The summed E-state index contributed by atoms with van der Waals surface area (Å²) in [6, 6.07) is 24.1. The van der Waals surface area contributed by atoms with E-state index in [2.05, 4.69) is 95.4 Å². The van der Waals surface area contributed by atoms with Crippen LogP contribution in [0.4, 0.5) is 5.69 Å². The van der Waals surface area contributed by atoms with Gasteiger partial charge in [0.05, 0.1) is 62.3 Å². The third-order valence-corrected chi connectivity index (χ3v) is 11.4. The van der Waals surface area contributed by atoms with Crippen LogP contribution < -0.4 is 5.32 Å². The highest BCUT2D eigenvalue weighted by molar-refractivity contribution is 9.10. The van der Waals surface area contributed by atoms with E-state index >= 15 is 0 Å². The number of likely N-dealkylation sites (tertiary alicyclic amines) is 1. The Morgan fingerprint density at radius 2 is 1.10 bits per heavy atom. The van der Waals surface area contributed by atoms with Crippen molar-refractivity contribution < 1.29 is 4.79 Å². The molecule has 6 heterocycles. The lowest BCUT2D eigenvalue weighted by Crippen LogP contribution is -2.41. The second-order valence-electron chi connectivity index (χ2n) is 14.3. The predicted molar refractivity (Wildman–Crippen MR) is 245 cm³/mol. The molecule has 0 saturated carbocycles. The fourth-order valence-corrected chi connectivity index (χ4v) is 8.53. The van der Waals surface area contributed by atoms with Crippen molar-refractivity contribution in [2.75, 3.05) is 18.4 Å². The fraction of sp³-hybridized carbons (Fsp3) is 0.133. The van der Waals surface area contributed by atoms with Crippen molar-refractivity contribution in [3.8, 4) is 22.3 Å². The number of nitrogens with one attached hydrogen (secondary N) is 3. The molecule has 0 radical (unpaired) electrons. The monoisotopic (exact) mass is 908 g/mol. The van der Waals surface area contributed by atoms with Gasteiger partial charge in [0.15, 0.2) is 0 Å². The summed E-state index contributed by atoms with van der Waals surface area (Å²) in [5.74, 6) is 0.154. The minimum absolute atomic E-state index is 0.154. The molecule has 1 amide bonds. The summed E-state index contributed by atoms with van der Waals surface area (Å²) in [6.45, 7) is 3.23. The number of hydrogen-bond donors (Lipinski definition) is 3. The van der Waals surface area contributed by atoms with Gasteiger partial charge in [-0.25, -0.2) is 9.97 Å². The summed E-state index contributed by atoms with van der Waals surface area (Å²) < 4.78 is 0.873. The molecule has 1 aliphatic rings. The molecule has 61 heavy (non-hydrogen) atoms. The van der Waals surface area contributed by atoms with E-state index in [1.165, 1.54) is 0 Å². The lowest BCUT2D eigenvalue weighted by atomic mass is 10.0. The number of imidazole rings is 2. The van der Waals surface area contributed by atoms with Crippen LogP contribution in [0, 0.1) is 0 Å². The van der Waals surface area contributed by atoms with Gasteiger partial charge in [-0.3, -0.25) is 34.7 Å². The van der Waals surface area contributed by atoms with E-state index in [9.17, 15) is 4.79 Å². The molecule has 11 rings (SSSR count). The maximum Gasteiger partial charge on any atom is 0.219 e. The van der Waals surface area contributed by atoms with Crippen molar-refractivity contribution in [1.29, 1.82) is 0 Å². The average Bonchev–Trinajstić information content (AvgIpc) is 3.96. The number of nitrogens with zero attached hydrogens (tertiary/aromatic N) is 9. The molecule has 0 atom stereocenters. The van der Waals surface area contributed by atoms with Crippen molar-refractivity contribution in [2.24, 2.45) is 0 Å². The molecule has 0 aliphatic carbocycles. The Bertz CT molecular complexity index is 3200. The number of hydrogen-bond acceptors (Lipinski definition) is 10. The molecular formula is C45H35BrCl2N12O. The zero-order valence-electron chi connectivity index (χ0n) is 32.5. The number of amides is 1. The van der Waals surface area contributed by atoms with Gasteiger partial charge < -0.3 is 20.2 Å². The maximum absolute atomic E-state index is 11.6. The second kappa shape index (κ2) is 17.5. The van der Waals surface area contributed by atoms with Crippen LogP contribution in [0.25, 0.3) is 77.4 Å². The Hall–Kier alpha value is -6.61. The van der Waals surface area contributed by atoms with Crippen LogP contribution in [0.2, 0.25) is 10.0 Å². The van der Waals surface area contributed by atoms with Gasteiger partial charge in [-0.05, 0) is 101 Å². The van der Waals surface area contributed by atoms with Gasteiger partial charge in [0.25, 0.3) is 0 Å². The standard InChI is InChI=1S/C22H22N6O.C15H9ClN4.C8H4BrClN2/c1-14(29)28-8-4-16(5-9-28)27-17-11-18(22-21(12-17)23-6-7-24-22)15-2-3-19-20(10-15)26-13-25-19;16-10-6-11(15-14(7-10)17-3-4-18-15)9-1-2-12-13(5-9)20-8-19-12;9-6-3-5(10)4-7-8(6)12-2-1-11-7/h2-3,6-7,10-13,16,27H,4-5,8-9H2,1H3,(H,25,26);1-8H,(H,19,20);1-4H. The summed E-state index contributed by atoms with van der Waals surface area (Å²) in [4.78, 5) is 54.4. The van der Waals surface area contributed by atoms with Gasteiger partial charge in [-0.1, -0.05) is 35.3 Å². The number of aromatic amines is 2. The molecule has 0 bridgehead atoms. The quantitative estimate of drug-likeness (QED) is 0.155. The van der Waals surface area contributed by atoms with E-state index in [1.807, 2.05) is 41.3 Å². The first-order chi connectivity index (χ1) is 29.8. The number of benzene rings is 5. The zero-order valence-corrected chi connectivity index (χ0v) is 35.6. The normalized spacial score (nSPS) is 13.0. The van der Waals surface area contributed by atoms with E-state index in [0.717, 1.165) is 114 Å². The molecule has 1 aliphatic heterocycles. The summed E-state index contributed by atoms with van der Waals surface area (Å²) in [6.07, 6.45) is 15.4.